The van der Waals surface area contributed by atoms with Crippen LogP contribution in [0.2, 0.25) is 0 Å². The van der Waals surface area contributed by atoms with Gasteiger partial charge in [-0.2, -0.15) is 0 Å². The van der Waals surface area contributed by atoms with Crippen LogP contribution < -0.4 is 10.1 Å². The van der Waals surface area contributed by atoms with Crippen LogP contribution in [0.3, 0.4) is 0 Å². The molecule has 0 fully saturated rings. The number of carbonyl (C=O) groups excluding carboxylic acids is 1. The summed E-state index contributed by atoms with van der Waals surface area (Å²) in [6.45, 7) is 7.62. The van der Waals surface area contributed by atoms with Crippen LogP contribution in [0.25, 0.3) is 0 Å². The third-order valence-electron chi connectivity index (χ3n) is 2.93. The molecule has 0 bridgehead atoms. The summed E-state index contributed by atoms with van der Waals surface area (Å²) in [6, 6.07) is 7.64. The van der Waals surface area contributed by atoms with Crippen molar-refractivity contribution in [3.63, 3.8) is 0 Å². The molecular weight excluding hydrogens is 272 g/mol. The zero-order valence-electron chi connectivity index (χ0n) is 12.1. The Bertz CT molecular complexity index is 603. The van der Waals surface area contributed by atoms with Crippen LogP contribution in [0.15, 0.2) is 24.3 Å². The van der Waals surface area contributed by atoms with Gasteiger partial charge in [0.1, 0.15) is 5.75 Å². The van der Waals surface area contributed by atoms with Gasteiger partial charge in [-0.15, -0.1) is 11.3 Å². The van der Waals surface area contributed by atoms with Crippen LogP contribution in [0, 0.1) is 20.8 Å². The summed E-state index contributed by atoms with van der Waals surface area (Å²) in [5.74, 6) is 0.499. The van der Waals surface area contributed by atoms with Crippen molar-refractivity contribution in [2.24, 2.45) is 0 Å². The molecule has 106 valence electrons. The average molecular weight is 290 g/mol. The third-order valence-corrected chi connectivity index (χ3v) is 3.92. The highest BCUT2D eigenvalue weighted by atomic mass is 32.1. The Morgan fingerprint density at radius 1 is 1.35 bits per heavy atom. The van der Waals surface area contributed by atoms with E-state index in [2.05, 4.69) is 10.3 Å². The molecule has 1 N–H and O–H groups in total. The van der Waals surface area contributed by atoms with Crippen LogP contribution in [0.5, 0.6) is 5.75 Å². The maximum atomic E-state index is 12.1. The fraction of sp³-hybridized carbons (Fsp3) is 0.333. The molecule has 0 saturated carbocycles. The van der Waals surface area contributed by atoms with Gasteiger partial charge in [0.2, 0.25) is 0 Å². The number of anilines is 1. The lowest BCUT2D eigenvalue weighted by atomic mass is 10.2. The number of ether oxygens (including phenoxy) is 1. The van der Waals surface area contributed by atoms with E-state index >= 15 is 0 Å². The monoisotopic (exact) mass is 290 g/mol. The summed E-state index contributed by atoms with van der Waals surface area (Å²) in [5, 5.41) is 3.40. The SMILES string of the molecule is Cc1cccc(O[C@@H](C)C(=O)Nc2nc(C)c(C)s2)c1. The van der Waals surface area contributed by atoms with Gasteiger partial charge in [-0.25, -0.2) is 4.98 Å². The van der Waals surface area contributed by atoms with E-state index in [1.54, 1.807) is 6.92 Å². The number of amides is 1. The quantitative estimate of drug-likeness (QED) is 0.938. The van der Waals surface area contributed by atoms with Crippen molar-refractivity contribution in [3.05, 3.63) is 40.4 Å². The second kappa shape index (κ2) is 6.05. The molecule has 0 aliphatic carbocycles. The predicted octanol–water partition coefficient (Wildman–Crippen LogP) is 3.47. The molecule has 1 amide bonds. The summed E-state index contributed by atoms with van der Waals surface area (Å²) in [6.07, 6.45) is -0.568. The minimum Gasteiger partial charge on any atom is -0.481 e. The molecule has 2 aromatic rings. The summed E-state index contributed by atoms with van der Waals surface area (Å²) >= 11 is 1.47. The highest BCUT2D eigenvalue weighted by Crippen LogP contribution is 2.21. The second-order valence-corrected chi connectivity index (χ2v) is 5.93. The molecule has 20 heavy (non-hydrogen) atoms. The predicted molar refractivity (Wildman–Crippen MR) is 81.5 cm³/mol. The van der Waals surface area contributed by atoms with Gasteiger partial charge in [-0.3, -0.25) is 10.1 Å². The van der Waals surface area contributed by atoms with Crippen molar-refractivity contribution in [2.45, 2.75) is 33.8 Å². The highest BCUT2D eigenvalue weighted by molar-refractivity contribution is 7.15. The van der Waals surface area contributed by atoms with Gasteiger partial charge < -0.3 is 4.74 Å². The van der Waals surface area contributed by atoms with Crippen LogP contribution >= 0.6 is 11.3 Å². The zero-order valence-corrected chi connectivity index (χ0v) is 12.9. The molecule has 0 aliphatic heterocycles. The van der Waals surface area contributed by atoms with Crippen molar-refractivity contribution in [3.8, 4) is 5.75 Å². The van der Waals surface area contributed by atoms with Crippen molar-refractivity contribution < 1.29 is 9.53 Å². The Morgan fingerprint density at radius 2 is 2.10 bits per heavy atom. The van der Waals surface area contributed by atoms with Gasteiger partial charge in [-0.05, 0) is 45.4 Å². The molecule has 0 saturated heterocycles. The Balaban J connectivity index is 1.98. The maximum Gasteiger partial charge on any atom is 0.266 e. The fourth-order valence-electron chi connectivity index (χ4n) is 1.68. The first-order valence-corrected chi connectivity index (χ1v) is 7.25. The number of carbonyl (C=O) groups is 1. The van der Waals surface area contributed by atoms with Crippen LogP contribution in [-0.4, -0.2) is 17.0 Å². The van der Waals surface area contributed by atoms with Gasteiger partial charge in [0.05, 0.1) is 5.69 Å². The fourth-order valence-corrected chi connectivity index (χ4v) is 2.50. The minimum absolute atomic E-state index is 0.194. The topological polar surface area (TPSA) is 51.2 Å². The number of nitrogens with one attached hydrogen (secondary N) is 1. The van der Waals surface area contributed by atoms with E-state index < -0.39 is 6.10 Å². The molecule has 1 atom stereocenters. The lowest BCUT2D eigenvalue weighted by Gasteiger charge is -2.14. The number of aromatic nitrogens is 1. The first-order chi connectivity index (χ1) is 9.45. The van der Waals surface area contributed by atoms with Crippen molar-refractivity contribution >= 4 is 22.4 Å². The highest BCUT2D eigenvalue weighted by Gasteiger charge is 2.16. The molecule has 4 nitrogen and oxygen atoms in total. The van der Waals surface area contributed by atoms with Crippen LogP contribution in [-0.2, 0) is 4.79 Å². The number of hydrogen-bond donors (Lipinski definition) is 1. The second-order valence-electron chi connectivity index (χ2n) is 4.73. The maximum absolute atomic E-state index is 12.1. The molecule has 0 unspecified atom stereocenters. The lowest BCUT2D eigenvalue weighted by Crippen LogP contribution is -2.30. The molecule has 0 spiro atoms. The molecule has 1 heterocycles. The summed E-state index contributed by atoms with van der Waals surface area (Å²) in [5.41, 5.74) is 2.04. The van der Waals surface area contributed by atoms with Gasteiger partial charge >= 0.3 is 0 Å². The number of aryl methyl sites for hydroxylation is 3. The molecule has 1 aromatic heterocycles. The van der Waals surface area contributed by atoms with Gasteiger partial charge in [-0.1, -0.05) is 12.1 Å². The Kier molecular flexibility index (Phi) is 4.39. The largest absolute Gasteiger partial charge is 0.481 e. The molecule has 2 rings (SSSR count). The van der Waals surface area contributed by atoms with E-state index in [0.29, 0.717) is 10.9 Å². The molecule has 0 aliphatic rings. The van der Waals surface area contributed by atoms with Crippen LogP contribution in [0.4, 0.5) is 5.13 Å². The standard InChI is InChI=1S/C15H18N2O2S/c1-9-6-5-7-13(8-9)19-11(3)14(18)17-15-16-10(2)12(4)20-15/h5-8,11H,1-4H3,(H,16,17,18)/t11-/m0/s1. The Morgan fingerprint density at radius 3 is 2.70 bits per heavy atom. The summed E-state index contributed by atoms with van der Waals surface area (Å²) < 4.78 is 5.63. The normalized spacial score (nSPS) is 12.0. The zero-order chi connectivity index (χ0) is 14.7. The first-order valence-electron chi connectivity index (χ1n) is 6.44. The van der Waals surface area contributed by atoms with E-state index in [4.69, 9.17) is 4.74 Å². The lowest BCUT2D eigenvalue weighted by molar-refractivity contribution is -0.122. The van der Waals surface area contributed by atoms with E-state index in [9.17, 15) is 4.79 Å². The van der Waals surface area contributed by atoms with Crippen molar-refractivity contribution in [2.75, 3.05) is 5.32 Å². The molecular formula is C15H18N2O2S. The van der Waals surface area contributed by atoms with Crippen molar-refractivity contribution in [1.29, 1.82) is 0 Å². The summed E-state index contributed by atoms with van der Waals surface area (Å²) in [4.78, 5) is 17.4. The van der Waals surface area contributed by atoms with Gasteiger partial charge in [0.15, 0.2) is 11.2 Å². The Labute approximate surface area is 122 Å². The van der Waals surface area contributed by atoms with E-state index in [-0.39, 0.29) is 5.91 Å². The molecule has 5 heteroatoms. The number of hydrogen-bond acceptors (Lipinski definition) is 4. The van der Waals surface area contributed by atoms with Gasteiger partial charge in [0.25, 0.3) is 5.91 Å². The van der Waals surface area contributed by atoms with E-state index in [0.717, 1.165) is 16.1 Å². The first kappa shape index (κ1) is 14.5. The van der Waals surface area contributed by atoms with Crippen LogP contribution in [0.1, 0.15) is 23.1 Å². The van der Waals surface area contributed by atoms with Gasteiger partial charge in [0, 0.05) is 4.88 Å². The van der Waals surface area contributed by atoms with E-state index in [1.165, 1.54) is 11.3 Å². The van der Waals surface area contributed by atoms with E-state index in [1.807, 2.05) is 45.0 Å². The number of benzene rings is 1. The third kappa shape index (κ3) is 3.57. The molecule has 0 radical (unpaired) electrons. The number of rotatable bonds is 4. The minimum atomic E-state index is -0.568. The molecule has 1 aromatic carbocycles. The smallest absolute Gasteiger partial charge is 0.266 e. The Hall–Kier alpha value is -1.88. The number of nitrogens with zero attached hydrogens (tertiary/aromatic N) is 1. The van der Waals surface area contributed by atoms with Crippen molar-refractivity contribution in [1.82, 2.24) is 4.98 Å². The average Bonchev–Trinajstić information content (AvgIpc) is 2.68. The number of thiazole rings is 1. The summed E-state index contributed by atoms with van der Waals surface area (Å²) in [7, 11) is 0.